The quantitative estimate of drug-likeness (QED) is 0.739. The number of nitrogens with zero attached hydrogens (tertiary/aromatic N) is 2. The Morgan fingerprint density at radius 1 is 0.818 bits per heavy atom. The largest absolute Gasteiger partial charge is 0.244 e. The summed E-state index contributed by atoms with van der Waals surface area (Å²) in [6.45, 7) is 11.0. The molecule has 0 fully saturated rings. The van der Waals surface area contributed by atoms with Gasteiger partial charge in [0.25, 0.3) is 0 Å². The first-order chi connectivity index (χ1) is 10.6. The number of anilines is 1. The van der Waals surface area contributed by atoms with E-state index in [1.807, 2.05) is 0 Å². The molecule has 0 N–H and O–H groups in total. The van der Waals surface area contributed by atoms with Crippen molar-refractivity contribution in [1.82, 2.24) is 0 Å². The van der Waals surface area contributed by atoms with Crippen LogP contribution >= 0.6 is 0 Å². The van der Waals surface area contributed by atoms with E-state index in [0.29, 0.717) is 0 Å². The van der Waals surface area contributed by atoms with Crippen molar-refractivity contribution in [3.8, 4) is 0 Å². The van der Waals surface area contributed by atoms with Gasteiger partial charge in [-0.15, -0.1) is 0 Å². The van der Waals surface area contributed by atoms with Crippen molar-refractivity contribution in [1.29, 1.82) is 0 Å². The Kier molecular flexibility index (Phi) is 4.02. The summed E-state index contributed by atoms with van der Waals surface area (Å²) >= 11 is 0. The van der Waals surface area contributed by atoms with Crippen molar-refractivity contribution in [2.45, 2.75) is 34.1 Å². The van der Waals surface area contributed by atoms with Crippen LogP contribution in [0.2, 0.25) is 0 Å². The van der Waals surface area contributed by atoms with Crippen LogP contribution in [0.1, 0.15) is 28.7 Å². The summed E-state index contributed by atoms with van der Waals surface area (Å²) in [6.07, 6.45) is 3.48. The van der Waals surface area contributed by atoms with Crippen molar-refractivity contribution in [2.75, 3.05) is 18.0 Å². The molecule has 1 aliphatic rings. The van der Waals surface area contributed by atoms with Crippen LogP contribution in [0.5, 0.6) is 0 Å². The fraction of sp³-hybridized carbons (Fsp3) is 0.350. The lowest BCUT2D eigenvalue weighted by atomic mass is 10.1. The molecule has 0 aliphatic carbocycles. The molecule has 0 saturated heterocycles. The molecule has 1 heterocycles. The van der Waals surface area contributed by atoms with E-state index in [2.05, 4.69) is 79.9 Å². The molecule has 0 amide bonds. The highest BCUT2D eigenvalue weighted by molar-refractivity contribution is 5.80. The normalized spacial score (nSPS) is 14.9. The average Bonchev–Trinajstić information content (AvgIpc) is 2.47. The summed E-state index contributed by atoms with van der Waals surface area (Å²) in [7, 11) is 0. The molecule has 2 nitrogen and oxygen atoms in total. The molecular formula is C20H25N2+. The Hall–Kier alpha value is -2.09. The first-order valence-corrected chi connectivity index (χ1v) is 8.08. The average molecular weight is 293 g/mol. The molecule has 0 atom stereocenters. The van der Waals surface area contributed by atoms with E-state index in [9.17, 15) is 0 Å². The number of para-hydroxylation sites is 2. The molecule has 1 aliphatic heterocycles. The zero-order valence-electron chi connectivity index (χ0n) is 14.1. The maximum Gasteiger partial charge on any atom is 0.244 e. The van der Waals surface area contributed by atoms with Crippen molar-refractivity contribution in [3.63, 3.8) is 0 Å². The second-order valence-corrected chi connectivity index (χ2v) is 6.34. The monoisotopic (exact) mass is 293 g/mol. The van der Waals surface area contributed by atoms with E-state index in [-0.39, 0.29) is 0 Å². The van der Waals surface area contributed by atoms with Crippen LogP contribution in [-0.2, 0) is 0 Å². The Bertz CT molecular complexity index is 688. The molecule has 22 heavy (non-hydrogen) atoms. The second kappa shape index (κ2) is 5.96. The lowest BCUT2D eigenvalue weighted by Crippen LogP contribution is -2.35. The lowest BCUT2D eigenvalue weighted by Gasteiger charge is -2.24. The van der Waals surface area contributed by atoms with Gasteiger partial charge in [0.05, 0.1) is 13.1 Å². The van der Waals surface area contributed by atoms with Crippen molar-refractivity contribution >= 4 is 17.7 Å². The van der Waals surface area contributed by atoms with Gasteiger partial charge in [0.1, 0.15) is 11.4 Å². The van der Waals surface area contributed by atoms with Gasteiger partial charge in [-0.1, -0.05) is 36.4 Å². The molecule has 2 aromatic carbocycles. The molecule has 2 aromatic rings. The minimum atomic E-state index is 1.09. The summed E-state index contributed by atoms with van der Waals surface area (Å²) in [5.41, 5.74) is 8.11. The summed E-state index contributed by atoms with van der Waals surface area (Å²) in [5.74, 6) is 0. The van der Waals surface area contributed by atoms with Crippen LogP contribution in [0.4, 0.5) is 11.4 Å². The fourth-order valence-electron chi connectivity index (χ4n) is 3.55. The zero-order chi connectivity index (χ0) is 15.7. The number of aryl methyl sites for hydroxylation is 4. The lowest BCUT2D eigenvalue weighted by molar-refractivity contribution is -0.441. The minimum absolute atomic E-state index is 1.09. The molecule has 0 spiro atoms. The van der Waals surface area contributed by atoms with E-state index < -0.39 is 0 Å². The maximum atomic E-state index is 2.42. The van der Waals surface area contributed by atoms with Gasteiger partial charge < -0.3 is 0 Å². The van der Waals surface area contributed by atoms with Crippen LogP contribution < -0.4 is 4.90 Å². The van der Waals surface area contributed by atoms with Gasteiger partial charge in [0, 0.05) is 6.42 Å². The summed E-state index contributed by atoms with van der Waals surface area (Å²) in [4.78, 5) is 2.42. The topological polar surface area (TPSA) is 6.25 Å². The molecule has 0 saturated carbocycles. The van der Waals surface area contributed by atoms with Gasteiger partial charge in [-0.05, 0) is 49.9 Å². The molecule has 0 radical (unpaired) electrons. The zero-order valence-corrected chi connectivity index (χ0v) is 14.1. The highest BCUT2D eigenvalue weighted by atomic mass is 15.2. The van der Waals surface area contributed by atoms with Crippen LogP contribution in [-0.4, -0.2) is 24.0 Å². The van der Waals surface area contributed by atoms with Crippen LogP contribution in [0, 0.1) is 27.7 Å². The first-order valence-electron chi connectivity index (χ1n) is 8.08. The Morgan fingerprint density at radius 3 is 1.95 bits per heavy atom. The van der Waals surface area contributed by atoms with Crippen molar-refractivity contribution < 1.29 is 4.58 Å². The van der Waals surface area contributed by atoms with Crippen LogP contribution in [0.25, 0.3) is 0 Å². The molecule has 3 rings (SSSR count). The third-order valence-corrected chi connectivity index (χ3v) is 4.53. The fourth-order valence-corrected chi connectivity index (χ4v) is 3.55. The van der Waals surface area contributed by atoms with Crippen LogP contribution in [0.15, 0.2) is 36.4 Å². The molecule has 2 heteroatoms. The van der Waals surface area contributed by atoms with Gasteiger partial charge in [-0.3, -0.25) is 0 Å². The number of hydrogen-bond acceptors (Lipinski definition) is 1. The molecule has 0 bridgehead atoms. The standard InChI is InChI=1S/C20H25N2/c1-15-8-5-9-16(2)19(15)21-12-7-13-22(14-21)20-17(3)10-6-11-18(20)4/h5-6,8-11,14H,7,12-13H2,1-4H3/q+1. The van der Waals surface area contributed by atoms with E-state index in [1.54, 1.807) is 0 Å². The van der Waals surface area contributed by atoms with E-state index >= 15 is 0 Å². The van der Waals surface area contributed by atoms with Gasteiger partial charge >= 0.3 is 0 Å². The second-order valence-electron chi connectivity index (χ2n) is 6.34. The smallest absolute Gasteiger partial charge is 0.233 e. The Balaban J connectivity index is 2.06. The van der Waals surface area contributed by atoms with Crippen LogP contribution in [0.3, 0.4) is 0 Å². The number of hydrogen-bond donors (Lipinski definition) is 0. The first kappa shape index (κ1) is 14.8. The minimum Gasteiger partial charge on any atom is -0.233 e. The number of rotatable bonds is 2. The Labute approximate surface area is 133 Å². The van der Waals surface area contributed by atoms with Gasteiger partial charge in [0.15, 0.2) is 0 Å². The predicted molar refractivity (Wildman–Crippen MR) is 94.6 cm³/mol. The molecule has 0 aromatic heterocycles. The Morgan fingerprint density at radius 2 is 1.36 bits per heavy atom. The summed E-state index contributed by atoms with van der Waals surface area (Å²) in [6, 6.07) is 13.1. The highest BCUT2D eigenvalue weighted by Gasteiger charge is 2.24. The summed E-state index contributed by atoms with van der Waals surface area (Å²) in [5, 5.41) is 0. The van der Waals surface area contributed by atoms with Gasteiger partial charge in [-0.2, -0.15) is 0 Å². The van der Waals surface area contributed by atoms with E-state index in [4.69, 9.17) is 0 Å². The molecule has 114 valence electrons. The van der Waals surface area contributed by atoms with E-state index in [1.165, 1.54) is 40.0 Å². The third kappa shape index (κ3) is 2.66. The summed E-state index contributed by atoms with van der Waals surface area (Å²) < 4.78 is 2.42. The number of benzene rings is 2. The highest BCUT2D eigenvalue weighted by Crippen LogP contribution is 2.28. The van der Waals surface area contributed by atoms with Gasteiger partial charge in [-0.25, -0.2) is 9.48 Å². The molecule has 0 unspecified atom stereocenters. The van der Waals surface area contributed by atoms with Crippen molar-refractivity contribution in [3.05, 3.63) is 58.7 Å². The third-order valence-electron chi connectivity index (χ3n) is 4.53. The van der Waals surface area contributed by atoms with Gasteiger partial charge in [0.2, 0.25) is 6.34 Å². The maximum absolute atomic E-state index is 2.42. The SMILES string of the molecule is Cc1cccc(C)c1N1C=[N+](c2c(C)cccc2C)CCC1. The van der Waals surface area contributed by atoms with E-state index in [0.717, 1.165) is 13.1 Å². The predicted octanol–water partition coefficient (Wildman–Crippen LogP) is 4.50. The van der Waals surface area contributed by atoms with Crippen molar-refractivity contribution in [2.24, 2.45) is 0 Å². The molecular weight excluding hydrogens is 268 g/mol.